The standard InChI is InChI=1S/C22H20FN5O/c23-17-5-3-15(4-6-17)20-13-24-21(26-20)16-7-10-27(11-8-16)22(29)19-12-18-2-1-9-28(18)14-25-19/h1-6,9,12-14,16H,7-8,10-11H2,(H,24,26). The van der Waals surface area contributed by atoms with Crippen molar-refractivity contribution in [3.63, 3.8) is 0 Å². The highest BCUT2D eigenvalue weighted by Crippen LogP contribution is 2.28. The van der Waals surface area contributed by atoms with Gasteiger partial charge >= 0.3 is 0 Å². The van der Waals surface area contributed by atoms with Crippen molar-refractivity contribution in [2.24, 2.45) is 0 Å². The fraction of sp³-hybridized carbons (Fsp3) is 0.227. The first-order valence-electron chi connectivity index (χ1n) is 9.70. The Labute approximate surface area is 167 Å². The maximum Gasteiger partial charge on any atom is 0.272 e. The number of rotatable bonds is 3. The smallest absolute Gasteiger partial charge is 0.272 e. The number of nitrogens with one attached hydrogen (secondary N) is 1. The third-order valence-corrected chi connectivity index (χ3v) is 5.56. The first-order chi connectivity index (χ1) is 14.2. The molecule has 4 heterocycles. The number of carbonyl (C=O) groups excluding carboxylic acids is 1. The summed E-state index contributed by atoms with van der Waals surface area (Å²) in [5.41, 5.74) is 3.22. The molecular weight excluding hydrogens is 369 g/mol. The Hall–Kier alpha value is -3.48. The molecule has 146 valence electrons. The molecule has 1 aromatic carbocycles. The number of likely N-dealkylation sites (tertiary alicyclic amines) is 1. The van der Waals surface area contributed by atoms with Crippen molar-refractivity contribution in [2.45, 2.75) is 18.8 Å². The number of nitrogens with zero attached hydrogens (tertiary/aromatic N) is 4. The lowest BCUT2D eigenvalue weighted by molar-refractivity contribution is 0.0705. The zero-order valence-corrected chi connectivity index (χ0v) is 15.8. The first-order valence-corrected chi connectivity index (χ1v) is 9.70. The average molecular weight is 389 g/mol. The minimum absolute atomic E-state index is 0.0291. The molecule has 3 aromatic heterocycles. The van der Waals surface area contributed by atoms with Crippen LogP contribution in [0.15, 0.2) is 61.2 Å². The molecule has 0 aliphatic carbocycles. The summed E-state index contributed by atoms with van der Waals surface area (Å²) in [7, 11) is 0. The van der Waals surface area contributed by atoms with Crippen molar-refractivity contribution in [1.29, 1.82) is 0 Å². The summed E-state index contributed by atoms with van der Waals surface area (Å²) in [5, 5.41) is 0. The Morgan fingerprint density at radius 2 is 1.90 bits per heavy atom. The lowest BCUT2D eigenvalue weighted by atomic mass is 9.96. The second kappa shape index (κ2) is 7.16. The monoisotopic (exact) mass is 389 g/mol. The fourth-order valence-electron chi connectivity index (χ4n) is 3.89. The maximum atomic E-state index is 13.1. The summed E-state index contributed by atoms with van der Waals surface area (Å²) in [6.45, 7) is 1.34. The number of hydrogen-bond acceptors (Lipinski definition) is 3. The number of carbonyl (C=O) groups is 1. The largest absolute Gasteiger partial charge is 0.342 e. The van der Waals surface area contributed by atoms with Crippen LogP contribution < -0.4 is 0 Å². The number of hydrogen-bond donors (Lipinski definition) is 1. The molecule has 0 radical (unpaired) electrons. The van der Waals surface area contributed by atoms with E-state index < -0.39 is 0 Å². The predicted octanol–water partition coefficient (Wildman–Crippen LogP) is 3.88. The van der Waals surface area contributed by atoms with Crippen LogP contribution >= 0.6 is 0 Å². The molecule has 0 saturated carbocycles. The molecule has 1 N–H and O–H groups in total. The fourth-order valence-corrected chi connectivity index (χ4v) is 3.89. The van der Waals surface area contributed by atoms with Crippen LogP contribution in [0.5, 0.6) is 0 Å². The molecule has 4 aromatic rings. The van der Waals surface area contributed by atoms with Gasteiger partial charge in [0.15, 0.2) is 0 Å². The van der Waals surface area contributed by atoms with Gasteiger partial charge in [0.2, 0.25) is 0 Å². The van der Waals surface area contributed by atoms with E-state index in [2.05, 4.69) is 15.0 Å². The third kappa shape index (κ3) is 3.40. The van der Waals surface area contributed by atoms with E-state index in [1.807, 2.05) is 33.7 Å². The summed E-state index contributed by atoms with van der Waals surface area (Å²) in [6.07, 6.45) is 7.06. The van der Waals surface area contributed by atoms with Crippen LogP contribution in [0.1, 0.15) is 35.1 Å². The van der Waals surface area contributed by atoms with Gasteiger partial charge < -0.3 is 14.3 Å². The molecule has 29 heavy (non-hydrogen) atoms. The third-order valence-electron chi connectivity index (χ3n) is 5.56. The summed E-state index contributed by atoms with van der Waals surface area (Å²) >= 11 is 0. The zero-order valence-electron chi connectivity index (χ0n) is 15.8. The van der Waals surface area contributed by atoms with Crippen molar-refractivity contribution in [3.05, 3.63) is 78.5 Å². The summed E-state index contributed by atoms with van der Waals surface area (Å²) < 4.78 is 15.0. The Bertz CT molecular complexity index is 1160. The van der Waals surface area contributed by atoms with Crippen LogP contribution in [0.4, 0.5) is 4.39 Å². The van der Waals surface area contributed by atoms with E-state index in [-0.39, 0.29) is 17.6 Å². The van der Waals surface area contributed by atoms with Crippen molar-refractivity contribution >= 4 is 11.4 Å². The topological polar surface area (TPSA) is 66.3 Å². The van der Waals surface area contributed by atoms with Gasteiger partial charge in [0.05, 0.1) is 18.2 Å². The SMILES string of the molecule is O=C(c1cc2cccn2cn1)N1CCC(c2ncc(-c3ccc(F)cc3)[nH]2)CC1. The van der Waals surface area contributed by atoms with Crippen LogP contribution in [0.3, 0.4) is 0 Å². The highest BCUT2D eigenvalue weighted by molar-refractivity contribution is 5.93. The first kappa shape index (κ1) is 17.6. The maximum absolute atomic E-state index is 13.1. The number of aromatic amines is 1. The molecule has 0 atom stereocenters. The second-order valence-corrected chi connectivity index (χ2v) is 7.37. The molecule has 1 aliphatic heterocycles. The molecule has 0 spiro atoms. The number of benzene rings is 1. The summed E-state index contributed by atoms with van der Waals surface area (Å²) in [6, 6.07) is 12.1. The quantitative estimate of drug-likeness (QED) is 0.578. The van der Waals surface area contributed by atoms with Crippen molar-refractivity contribution in [1.82, 2.24) is 24.3 Å². The number of fused-ring (bicyclic) bond motifs is 1. The van der Waals surface area contributed by atoms with Gasteiger partial charge in [-0.2, -0.15) is 0 Å². The number of halogens is 1. The van der Waals surface area contributed by atoms with Crippen LogP contribution in [0, 0.1) is 5.82 Å². The van der Waals surface area contributed by atoms with Gasteiger partial charge in [-0.25, -0.2) is 14.4 Å². The molecule has 0 bridgehead atoms. The van der Waals surface area contributed by atoms with Gasteiger partial charge in [0.25, 0.3) is 5.91 Å². The molecule has 1 saturated heterocycles. The number of amides is 1. The van der Waals surface area contributed by atoms with E-state index >= 15 is 0 Å². The van der Waals surface area contributed by atoms with Crippen LogP contribution in [-0.4, -0.2) is 43.2 Å². The second-order valence-electron chi connectivity index (χ2n) is 7.37. The van der Waals surface area contributed by atoms with Gasteiger partial charge in [-0.3, -0.25) is 4.79 Å². The molecule has 5 rings (SSSR count). The molecule has 0 unspecified atom stereocenters. The minimum atomic E-state index is -0.254. The van der Waals surface area contributed by atoms with Gasteiger partial charge in [-0.15, -0.1) is 0 Å². The number of H-pyrrole nitrogens is 1. The summed E-state index contributed by atoms with van der Waals surface area (Å²) in [5.74, 6) is 0.910. The minimum Gasteiger partial charge on any atom is -0.342 e. The number of piperidine rings is 1. The lowest BCUT2D eigenvalue weighted by Gasteiger charge is -2.31. The number of imidazole rings is 1. The van der Waals surface area contributed by atoms with Gasteiger partial charge in [0, 0.05) is 30.7 Å². The molecule has 1 fully saturated rings. The average Bonchev–Trinajstić information content (AvgIpc) is 3.43. The van der Waals surface area contributed by atoms with Crippen molar-refractivity contribution in [3.8, 4) is 11.3 Å². The Morgan fingerprint density at radius 1 is 1.10 bits per heavy atom. The van der Waals surface area contributed by atoms with E-state index in [0.717, 1.165) is 35.4 Å². The molecule has 1 amide bonds. The van der Waals surface area contributed by atoms with Gasteiger partial charge in [0.1, 0.15) is 17.3 Å². The Morgan fingerprint density at radius 3 is 2.69 bits per heavy atom. The van der Waals surface area contributed by atoms with Crippen LogP contribution in [0.25, 0.3) is 16.8 Å². The summed E-state index contributed by atoms with van der Waals surface area (Å²) in [4.78, 5) is 26.9. The van der Waals surface area contributed by atoms with Crippen LogP contribution in [-0.2, 0) is 0 Å². The van der Waals surface area contributed by atoms with E-state index in [4.69, 9.17) is 0 Å². The zero-order chi connectivity index (χ0) is 19.8. The van der Waals surface area contributed by atoms with E-state index in [9.17, 15) is 9.18 Å². The van der Waals surface area contributed by atoms with E-state index in [1.54, 1.807) is 24.7 Å². The molecule has 1 aliphatic rings. The highest BCUT2D eigenvalue weighted by atomic mass is 19.1. The Kier molecular flexibility index (Phi) is 4.35. The van der Waals surface area contributed by atoms with Crippen molar-refractivity contribution < 1.29 is 9.18 Å². The van der Waals surface area contributed by atoms with Crippen molar-refractivity contribution in [2.75, 3.05) is 13.1 Å². The van der Waals surface area contributed by atoms with E-state index in [0.29, 0.717) is 18.8 Å². The van der Waals surface area contributed by atoms with Gasteiger partial charge in [-0.1, -0.05) is 0 Å². The molecule has 7 heteroatoms. The van der Waals surface area contributed by atoms with E-state index in [1.165, 1.54) is 12.1 Å². The normalized spacial score (nSPS) is 15.1. The van der Waals surface area contributed by atoms with Gasteiger partial charge in [-0.05, 0) is 60.9 Å². The number of aromatic nitrogens is 4. The Balaban J connectivity index is 1.25. The molecular formula is C22H20FN5O. The molecule has 6 nitrogen and oxygen atoms in total. The predicted molar refractivity (Wildman–Crippen MR) is 107 cm³/mol. The lowest BCUT2D eigenvalue weighted by Crippen LogP contribution is -2.38. The highest BCUT2D eigenvalue weighted by Gasteiger charge is 2.27. The van der Waals surface area contributed by atoms with Crippen LogP contribution in [0.2, 0.25) is 0 Å².